The molecule has 182 valence electrons. The molecule has 0 radical (unpaired) electrons. The molecule has 3 atom stereocenters. The van der Waals surface area contributed by atoms with Crippen molar-refractivity contribution in [1.82, 2.24) is 9.80 Å². The Hall–Kier alpha value is -3.26. The van der Waals surface area contributed by atoms with Gasteiger partial charge < -0.3 is 24.2 Å². The number of nitrogens with zero attached hydrogens (tertiary/aromatic N) is 2. The number of hydrogen-bond acceptors (Lipinski definition) is 6. The number of amides is 1. The van der Waals surface area contributed by atoms with Gasteiger partial charge in [0.2, 0.25) is 12.7 Å². The lowest BCUT2D eigenvalue weighted by atomic mass is 9.82. The largest absolute Gasteiger partial charge is 0.497 e. The Morgan fingerprint density at radius 1 is 1.09 bits per heavy atom. The maximum atomic E-state index is 13.2. The van der Waals surface area contributed by atoms with E-state index >= 15 is 0 Å². The number of carboxylic acids is 1. The van der Waals surface area contributed by atoms with E-state index in [-0.39, 0.29) is 25.2 Å². The number of likely N-dealkylation sites (tertiary alicyclic amines) is 1. The first-order chi connectivity index (χ1) is 16.5. The SMILES string of the molecule is CCCN(CC)C(=O)CN1C[C@H](c2ccc3c(c2)OCO3)[C@H](C(=O)O)[C@H]1c1ccc(OC)cc1. The Labute approximate surface area is 200 Å². The molecule has 0 aliphatic carbocycles. The van der Waals surface area contributed by atoms with E-state index in [4.69, 9.17) is 14.2 Å². The van der Waals surface area contributed by atoms with Gasteiger partial charge in [-0.2, -0.15) is 0 Å². The number of fused-ring (bicyclic) bond motifs is 1. The molecule has 1 fully saturated rings. The molecule has 2 aromatic carbocycles. The fourth-order valence-electron chi connectivity index (χ4n) is 5.08. The molecular weight excluding hydrogens is 436 g/mol. The van der Waals surface area contributed by atoms with Crippen LogP contribution >= 0.6 is 0 Å². The second kappa shape index (κ2) is 10.3. The van der Waals surface area contributed by atoms with Gasteiger partial charge in [0.1, 0.15) is 5.75 Å². The van der Waals surface area contributed by atoms with Gasteiger partial charge in [0, 0.05) is 31.6 Å². The van der Waals surface area contributed by atoms with Gasteiger partial charge in [0.25, 0.3) is 0 Å². The van der Waals surface area contributed by atoms with Gasteiger partial charge in [-0.3, -0.25) is 14.5 Å². The quantitative estimate of drug-likeness (QED) is 0.602. The first kappa shape index (κ1) is 23.9. The number of carbonyl (C=O) groups is 2. The van der Waals surface area contributed by atoms with E-state index in [1.807, 2.05) is 66.1 Å². The minimum absolute atomic E-state index is 0.0123. The van der Waals surface area contributed by atoms with Crippen molar-refractivity contribution in [3.8, 4) is 17.2 Å². The summed E-state index contributed by atoms with van der Waals surface area (Å²) in [6.07, 6.45) is 0.874. The van der Waals surface area contributed by atoms with Crippen LogP contribution in [0.5, 0.6) is 17.2 Å². The number of rotatable bonds is 9. The smallest absolute Gasteiger partial charge is 0.309 e. The van der Waals surface area contributed by atoms with Crippen molar-refractivity contribution in [2.24, 2.45) is 5.92 Å². The van der Waals surface area contributed by atoms with Gasteiger partial charge in [-0.25, -0.2) is 0 Å². The van der Waals surface area contributed by atoms with Gasteiger partial charge in [0.15, 0.2) is 11.5 Å². The number of carboxylic acid groups (broad SMARTS) is 1. The van der Waals surface area contributed by atoms with Crippen LogP contribution in [-0.2, 0) is 9.59 Å². The molecule has 1 saturated heterocycles. The molecule has 0 aromatic heterocycles. The summed E-state index contributed by atoms with van der Waals surface area (Å²) in [5.74, 6) is 0.0556. The number of benzene rings is 2. The van der Waals surface area contributed by atoms with Gasteiger partial charge in [-0.15, -0.1) is 0 Å². The van der Waals surface area contributed by atoms with Crippen LogP contribution in [0.4, 0.5) is 0 Å². The third-order valence-corrected chi connectivity index (χ3v) is 6.73. The van der Waals surface area contributed by atoms with E-state index in [2.05, 4.69) is 0 Å². The minimum Gasteiger partial charge on any atom is -0.497 e. The molecule has 0 saturated carbocycles. The fourth-order valence-corrected chi connectivity index (χ4v) is 5.08. The molecule has 0 unspecified atom stereocenters. The molecule has 4 rings (SSSR count). The van der Waals surface area contributed by atoms with Crippen LogP contribution in [-0.4, -0.2) is 66.9 Å². The Kier molecular flexibility index (Phi) is 7.26. The second-order valence-corrected chi connectivity index (χ2v) is 8.70. The first-order valence-electron chi connectivity index (χ1n) is 11.7. The molecule has 1 N–H and O–H groups in total. The highest BCUT2D eigenvalue weighted by Crippen LogP contribution is 2.47. The maximum Gasteiger partial charge on any atom is 0.309 e. The Bertz CT molecular complexity index is 1020. The summed E-state index contributed by atoms with van der Waals surface area (Å²) in [6, 6.07) is 12.6. The van der Waals surface area contributed by atoms with Crippen molar-refractivity contribution >= 4 is 11.9 Å². The highest BCUT2D eigenvalue weighted by Gasteiger charge is 2.48. The lowest BCUT2D eigenvalue weighted by Gasteiger charge is -2.29. The third-order valence-electron chi connectivity index (χ3n) is 6.73. The normalized spacial score (nSPS) is 21.4. The lowest BCUT2D eigenvalue weighted by molar-refractivity contribution is -0.143. The van der Waals surface area contributed by atoms with Crippen molar-refractivity contribution in [1.29, 1.82) is 0 Å². The number of likely N-dealkylation sites (N-methyl/N-ethyl adjacent to an activating group) is 1. The zero-order chi connectivity index (χ0) is 24.2. The van der Waals surface area contributed by atoms with Gasteiger partial charge in [-0.05, 0) is 48.7 Å². The van der Waals surface area contributed by atoms with Crippen LogP contribution in [0.15, 0.2) is 42.5 Å². The molecule has 2 heterocycles. The van der Waals surface area contributed by atoms with Crippen molar-refractivity contribution in [2.75, 3.05) is 40.1 Å². The minimum atomic E-state index is -0.890. The van der Waals surface area contributed by atoms with Crippen LogP contribution in [0, 0.1) is 5.92 Å². The lowest BCUT2D eigenvalue weighted by Crippen LogP contribution is -2.41. The Balaban J connectivity index is 1.71. The van der Waals surface area contributed by atoms with E-state index in [9.17, 15) is 14.7 Å². The summed E-state index contributed by atoms with van der Waals surface area (Å²) >= 11 is 0. The zero-order valence-corrected chi connectivity index (χ0v) is 19.9. The summed E-state index contributed by atoms with van der Waals surface area (Å²) in [5, 5.41) is 10.4. The van der Waals surface area contributed by atoms with Crippen molar-refractivity contribution < 1.29 is 28.9 Å². The van der Waals surface area contributed by atoms with Crippen LogP contribution in [0.3, 0.4) is 0 Å². The monoisotopic (exact) mass is 468 g/mol. The van der Waals surface area contributed by atoms with Crippen molar-refractivity contribution in [3.63, 3.8) is 0 Å². The topological polar surface area (TPSA) is 88.5 Å². The zero-order valence-electron chi connectivity index (χ0n) is 19.9. The highest BCUT2D eigenvalue weighted by molar-refractivity contribution is 5.79. The molecule has 0 bridgehead atoms. The van der Waals surface area contributed by atoms with E-state index in [1.54, 1.807) is 7.11 Å². The highest BCUT2D eigenvalue weighted by atomic mass is 16.7. The second-order valence-electron chi connectivity index (χ2n) is 8.70. The Morgan fingerprint density at radius 3 is 2.44 bits per heavy atom. The standard InChI is InChI=1S/C26H32N2O6/c1-4-12-27(5-2)23(29)15-28-14-20(18-8-11-21-22(13-18)34-16-33-21)24(26(30)31)25(28)17-6-9-19(32-3)10-7-17/h6-11,13,20,24-25H,4-5,12,14-16H2,1-3H3,(H,30,31)/t20-,24+,25-/m1/s1. The van der Waals surface area contributed by atoms with Crippen LogP contribution in [0.1, 0.15) is 43.4 Å². The Morgan fingerprint density at radius 2 is 1.79 bits per heavy atom. The van der Waals surface area contributed by atoms with Gasteiger partial charge in [0.05, 0.1) is 19.6 Å². The number of hydrogen-bond donors (Lipinski definition) is 1. The molecule has 1 amide bonds. The van der Waals surface area contributed by atoms with Crippen molar-refractivity contribution in [2.45, 2.75) is 32.2 Å². The third kappa shape index (κ3) is 4.68. The average molecular weight is 469 g/mol. The van der Waals surface area contributed by atoms with Crippen LogP contribution in [0.2, 0.25) is 0 Å². The molecule has 8 heteroatoms. The average Bonchev–Trinajstić information content (AvgIpc) is 3.46. The molecule has 8 nitrogen and oxygen atoms in total. The summed E-state index contributed by atoms with van der Waals surface area (Å²) in [5.41, 5.74) is 1.72. The summed E-state index contributed by atoms with van der Waals surface area (Å²) in [7, 11) is 1.60. The molecule has 2 aliphatic heterocycles. The van der Waals surface area contributed by atoms with E-state index < -0.39 is 17.9 Å². The summed E-state index contributed by atoms with van der Waals surface area (Å²) in [6.45, 7) is 6.09. The number of aliphatic carboxylic acids is 1. The van der Waals surface area contributed by atoms with E-state index in [0.717, 1.165) is 17.5 Å². The molecule has 2 aromatic rings. The summed E-state index contributed by atoms with van der Waals surface area (Å²) < 4.78 is 16.3. The van der Waals surface area contributed by atoms with Crippen molar-refractivity contribution in [3.05, 3.63) is 53.6 Å². The van der Waals surface area contributed by atoms with Gasteiger partial charge in [-0.1, -0.05) is 25.1 Å². The predicted molar refractivity (Wildman–Crippen MR) is 126 cm³/mol. The molecule has 2 aliphatic rings. The molecule has 0 spiro atoms. The summed E-state index contributed by atoms with van der Waals surface area (Å²) in [4.78, 5) is 29.6. The van der Waals surface area contributed by atoms with Gasteiger partial charge >= 0.3 is 5.97 Å². The number of ether oxygens (including phenoxy) is 3. The fraction of sp³-hybridized carbons (Fsp3) is 0.462. The molecule has 34 heavy (non-hydrogen) atoms. The number of methoxy groups -OCH3 is 1. The maximum absolute atomic E-state index is 13.2. The van der Waals surface area contributed by atoms with Crippen LogP contribution < -0.4 is 14.2 Å². The first-order valence-corrected chi connectivity index (χ1v) is 11.7. The van der Waals surface area contributed by atoms with E-state index in [0.29, 0.717) is 36.9 Å². The predicted octanol–water partition coefficient (Wildman–Crippen LogP) is 3.52. The van der Waals surface area contributed by atoms with E-state index in [1.165, 1.54) is 0 Å². The number of carbonyl (C=O) groups excluding carboxylic acids is 1. The van der Waals surface area contributed by atoms with Crippen LogP contribution in [0.25, 0.3) is 0 Å². The molecular formula is C26H32N2O6.